The summed E-state index contributed by atoms with van der Waals surface area (Å²) in [6.45, 7) is 2.75. The fraction of sp³-hybridized carbons (Fsp3) is 0.857. The summed E-state index contributed by atoms with van der Waals surface area (Å²) in [6.07, 6.45) is 0.494. The molecule has 64 valence electrons. The van der Waals surface area contributed by atoms with Crippen molar-refractivity contribution in [1.82, 2.24) is 10.6 Å². The van der Waals surface area contributed by atoms with Gasteiger partial charge in [0, 0.05) is 26.1 Å². The molecule has 4 nitrogen and oxygen atoms in total. The number of aliphatic hydroxyl groups is 1. The molecule has 0 radical (unpaired) electrons. The topological polar surface area (TPSA) is 61.4 Å². The minimum absolute atomic E-state index is 0.0202. The van der Waals surface area contributed by atoms with Crippen LogP contribution in [0.1, 0.15) is 13.3 Å². The molecule has 0 spiro atoms. The van der Waals surface area contributed by atoms with Gasteiger partial charge in [0.1, 0.15) is 0 Å². The van der Waals surface area contributed by atoms with Crippen LogP contribution < -0.4 is 10.6 Å². The van der Waals surface area contributed by atoms with Crippen molar-refractivity contribution in [3.63, 3.8) is 0 Å². The highest BCUT2D eigenvalue weighted by Crippen LogP contribution is 2.04. The molecule has 2 atom stereocenters. The van der Waals surface area contributed by atoms with E-state index in [0.717, 1.165) is 6.42 Å². The molecule has 11 heavy (non-hydrogen) atoms. The second kappa shape index (κ2) is 3.69. The Morgan fingerprint density at radius 3 is 3.00 bits per heavy atom. The molecule has 1 amide bonds. The van der Waals surface area contributed by atoms with Gasteiger partial charge < -0.3 is 15.7 Å². The highest BCUT2D eigenvalue weighted by Gasteiger charge is 2.21. The lowest BCUT2D eigenvalue weighted by atomic mass is 10.2. The third-order valence-corrected chi connectivity index (χ3v) is 1.80. The normalized spacial score (nSPS) is 30.4. The molecule has 4 heteroatoms. The molecule has 0 aromatic carbocycles. The average Bonchev–Trinajstić information content (AvgIpc) is 2.31. The lowest BCUT2D eigenvalue weighted by Gasteiger charge is -2.09. The Bertz CT molecular complexity index is 149. The molecule has 1 rings (SSSR count). The maximum atomic E-state index is 10.5. The van der Waals surface area contributed by atoms with Gasteiger partial charge in [0.25, 0.3) is 0 Å². The van der Waals surface area contributed by atoms with Crippen LogP contribution in [0, 0.1) is 0 Å². The summed E-state index contributed by atoms with van der Waals surface area (Å²) < 4.78 is 0. The SMILES string of the molecule is CC(=O)NCC1CC(O)CN1. The smallest absolute Gasteiger partial charge is 0.216 e. The lowest BCUT2D eigenvalue weighted by Crippen LogP contribution is -2.35. The summed E-state index contributed by atoms with van der Waals surface area (Å²) in [5.41, 5.74) is 0. The second-order valence-corrected chi connectivity index (χ2v) is 2.93. The standard InChI is InChI=1S/C7H14N2O2/c1-5(10)8-3-6-2-7(11)4-9-6/h6-7,9,11H,2-4H2,1H3,(H,8,10). The van der Waals surface area contributed by atoms with E-state index in [-0.39, 0.29) is 18.1 Å². The number of β-amino-alcohol motifs (C(OH)–C–C–N with tert-alkyl or cyclic N) is 1. The third-order valence-electron chi connectivity index (χ3n) is 1.80. The van der Waals surface area contributed by atoms with Gasteiger partial charge in [-0.05, 0) is 6.42 Å². The Morgan fingerprint density at radius 1 is 1.82 bits per heavy atom. The second-order valence-electron chi connectivity index (χ2n) is 2.93. The Kier molecular flexibility index (Phi) is 2.84. The summed E-state index contributed by atoms with van der Waals surface area (Å²) in [4.78, 5) is 10.5. The third kappa shape index (κ3) is 2.86. The van der Waals surface area contributed by atoms with Gasteiger partial charge in [0.05, 0.1) is 6.10 Å². The van der Waals surface area contributed by atoms with Crippen LogP contribution in [0.5, 0.6) is 0 Å². The molecular formula is C7H14N2O2. The number of hydrogen-bond donors (Lipinski definition) is 3. The minimum Gasteiger partial charge on any atom is -0.392 e. The van der Waals surface area contributed by atoms with Gasteiger partial charge in [0.15, 0.2) is 0 Å². The van der Waals surface area contributed by atoms with Gasteiger partial charge in [-0.1, -0.05) is 0 Å². The van der Waals surface area contributed by atoms with Crippen LogP contribution in [0.15, 0.2) is 0 Å². The summed E-state index contributed by atoms with van der Waals surface area (Å²) in [5.74, 6) is -0.0202. The van der Waals surface area contributed by atoms with E-state index in [4.69, 9.17) is 5.11 Å². The molecule has 1 aliphatic rings. The van der Waals surface area contributed by atoms with Gasteiger partial charge in [0.2, 0.25) is 5.91 Å². The zero-order valence-electron chi connectivity index (χ0n) is 6.63. The zero-order valence-corrected chi connectivity index (χ0v) is 6.63. The van der Waals surface area contributed by atoms with E-state index in [1.165, 1.54) is 6.92 Å². The van der Waals surface area contributed by atoms with Crippen LogP contribution in [0.25, 0.3) is 0 Å². The first-order chi connectivity index (χ1) is 5.18. The maximum absolute atomic E-state index is 10.5. The molecule has 0 aliphatic carbocycles. The predicted octanol–water partition coefficient (Wildman–Crippen LogP) is -1.15. The molecule has 3 N–H and O–H groups in total. The van der Waals surface area contributed by atoms with Gasteiger partial charge in [-0.3, -0.25) is 4.79 Å². The van der Waals surface area contributed by atoms with Crippen LogP contribution >= 0.6 is 0 Å². The van der Waals surface area contributed by atoms with E-state index in [1.807, 2.05) is 0 Å². The Morgan fingerprint density at radius 2 is 2.55 bits per heavy atom. The highest BCUT2D eigenvalue weighted by atomic mass is 16.3. The lowest BCUT2D eigenvalue weighted by molar-refractivity contribution is -0.119. The number of amides is 1. The first kappa shape index (κ1) is 8.49. The summed E-state index contributed by atoms with van der Waals surface area (Å²) in [7, 11) is 0. The first-order valence-electron chi connectivity index (χ1n) is 3.84. The molecule has 1 heterocycles. The summed E-state index contributed by atoms with van der Waals surface area (Å²) in [6, 6.07) is 0.244. The number of aliphatic hydroxyl groups excluding tert-OH is 1. The van der Waals surface area contributed by atoms with Crippen molar-refractivity contribution < 1.29 is 9.90 Å². The average molecular weight is 158 g/mol. The van der Waals surface area contributed by atoms with Gasteiger partial charge in [-0.2, -0.15) is 0 Å². The van der Waals surface area contributed by atoms with Crippen molar-refractivity contribution >= 4 is 5.91 Å². The number of nitrogens with one attached hydrogen (secondary N) is 2. The number of rotatable bonds is 2. The number of hydrogen-bond acceptors (Lipinski definition) is 3. The molecule has 1 fully saturated rings. The largest absolute Gasteiger partial charge is 0.392 e. The van der Waals surface area contributed by atoms with Crippen molar-refractivity contribution in [2.75, 3.05) is 13.1 Å². The maximum Gasteiger partial charge on any atom is 0.216 e. The van der Waals surface area contributed by atoms with Crippen molar-refractivity contribution in [2.45, 2.75) is 25.5 Å². The molecule has 2 unspecified atom stereocenters. The predicted molar refractivity (Wildman–Crippen MR) is 41.1 cm³/mol. The summed E-state index contributed by atoms with van der Waals surface area (Å²) in [5, 5.41) is 14.9. The van der Waals surface area contributed by atoms with E-state index in [1.54, 1.807) is 0 Å². The zero-order chi connectivity index (χ0) is 8.27. The van der Waals surface area contributed by atoms with Crippen LogP contribution in [0.2, 0.25) is 0 Å². The number of carbonyl (C=O) groups is 1. The Labute approximate surface area is 66.0 Å². The molecule has 1 saturated heterocycles. The molecular weight excluding hydrogens is 144 g/mol. The Balaban J connectivity index is 2.13. The van der Waals surface area contributed by atoms with E-state index in [2.05, 4.69) is 10.6 Å². The van der Waals surface area contributed by atoms with Crippen molar-refractivity contribution in [3.8, 4) is 0 Å². The van der Waals surface area contributed by atoms with Crippen LogP contribution in [-0.2, 0) is 4.79 Å². The van der Waals surface area contributed by atoms with E-state index < -0.39 is 0 Å². The molecule has 0 bridgehead atoms. The quantitative estimate of drug-likeness (QED) is 0.475. The van der Waals surface area contributed by atoms with Crippen LogP contribution in [0.4, 0.5) is 0 Å². The van der Waals surface area contributed by atoms with E-state index in [0.29, 0.717) is 13.1 Å². The van der Waals surface area contributed by atoms with E-state index >= 15 is 0 Å². The fourth-order valence-electron chi connectivity index (χ4n) is 1.22. The van der Waals surface area contributed by atoms with Crippen molar-refractivity contribution in [1.29, 1.82) is 0 Å². The minimum atomic E-state index is -0.242. The number of carbonyl (C=O) groups excluding carboxylic acids is 1. The summed E-state index contributed by atoms with van der Waals surface area (Å²) >= 11 is 0. The highest BCUT2D eigenvalue weighted by molar-refractivity contribution is 5.72. The molecule has 0 aromatic heterocycles. The first-order valence-corrected chi connectivity index (χ1v) is 3.84. The van der Waals surface area contributed by atoms with Crippen molar-refractivity contribution in [3.05, 3.63) is 0 Å². The molecule has 1 aliphatic heterocycles. The van der Waals surface area contributed by atoms with Gasteiger partial charge in [-0.25, -0.2) is 0 Å². The molecule has 0 aromatic rings. The monoisotopic (exact) mass is 158 g/mol. The Hall–Kier alpha value is -0.610. The van der Waals surface area contributed by atoms with Crippen LogP contribution in [0.3, 0.4) is 0 Å². The van der Waals surface area contributed by atoms with Gasteiger partial charge >= 0.3 is 0 Å². The van der Waals surface area contributed by atoms with Crippen molar-refractivity contribution in [2.24, 2.45) is 0 Å². The van der Waals surface area contributed by atoms with Gasteiger partial charge in [-0.15, -0.1) is 0 Å². The molecule has 0 saturated carbocycles. The van der Waals surface area contributed by atoms with E-state index in [9.17, 15) is 4.79 Å². The van der Waals surface area contributed by atoms with Crippen LogP contribution in [-0.4, -0.2) is 36.2 Å². The fourth-order valence-corrected chi connectivity index (χ4v) is 1.22.